The second-order valence-electron chi connectivity index (χ2n) is 7.31. The summed E-state index contributed by atoms with van der Waals surface area (Å²) in [5, 5.41) is 0. The average Bonchev–Trinajstić information content (AvgIpc) is 2.49. The van der Waals surface area contributed by atoms with Crippen LogP contribution in [0.25, 0.3) is 0 Å². The van der Waals surface area contributed by atoms with E-state index in [4.69, 9.17) is 4.74 Å². The molecule has 0 saturated heterocycles. The van der Waals surface area contributed by atoms with Crippen molar-refractivity contribution in [2.24, 2.45) is 16.7 Å². The zero-order valence-electron chi connectivity index (χ0n) is 12.4. The molecule has 4 atom stereocenters. The molecule has 2 aliphatic carbocycles. The van der Waals surface area contributed by atoms with Crippen LogP contribution in [0.15, 0.2) is 0 Å². The van der Waals surface area contributed by atoms with Crippen molar-refractivity contribution >= 4 is 0 Å². The van der Waals surface area contributed by atoms with Gasteiger partial charge in [-0.3, -0.25) is 0 Å². The first-order valence-electron chi connectivity index (χ1n) is 7.07. The van der Waals surface area contributed by atoms with Gasteiger partial charge in [-0.05, 0) is 57.0 Å². The largest absolute Gasteiger partial charge is 0.373 e. The van der Waals surface area contributed by atoms with Crippen molar-refractivity contribution in [1.29, 1.82) is 0 Å². The number of likely N-dealkylation sites (N-methyl/N-ethyl adjacent to an activating group) is 1. The van der Waals surface area contributed by atoms with Crippen molar-refractivity contribution in [3.05, 3.63) is 0 Å². The molecule has 0 aromatic rings. The molecule has 2 saturated carbocycles. The molecule has 2 nitrogen and oxygen atoms in total. The number of fused-ring (bicyclic) bond motifs is 2. The van der Waals surface area contributed by atoms with Crippen LogP contribution in [0.3, 0.4) is 0 Å². The molecule has 0 unspecified atom stereocenters. The van der Waals surface area contributed by atoms with Gasteiger partial charge in [0.25, 0.3) is 0 Å². The number of nitrogens with zero attached hydrogens (tertiary/aromatic N) is 1. The highest BCUT2D eigenvalue weighted by Crippen LogP contribution is 2.66. The average molecular weight is 239 g/mol. The summed E-state index contributed by atoms with van der Waals surface area (Å²) < 4.78 is 6.35. The molecule has 2 bridgehead atoms. The lowest BCUT2D eigenvalue weighted by atomic mass is 9.70. The quantitative estimate of drug-likeness (QED) is 0.747. The highest BCUT2D eigenvalue weighted by atomic mass is 16.5. The zero-order chi connectivity index (χ0) is 12.8. The second-order valence-corrected chi connectivity index (χ2v) is 7.31. The Balaban J connectivity index is 2.01. The third kappa shape index (κ3) is 2.04. The number of ether oxygens (including phenoxy) is 1. The van der Waals surface area contributed by atoms with Crippen LogP contribution in [0.4, 0.5) is 0 Å². The zero-order valence-corrected chi connectivity index (χ0v) is 12.4. The van der Waals surface area contributed by atoms with E-state index in [9.17, 15) is 0 Å². The summed E-state index contributed by atoms with van der Waals surface area (Å²) in [6, 6.07) is 0. The Morgan fingerprint density at radius 1 is 1.29 bits per heavy atom. The van der Waals surface area contributed by atoms with Gasteiger partial charge in [-0.15, -0.1) is 0 Å². The van der Waals surface area contributed by atoms with E-state index in [1.54, 1.807) is 0 Å². The van der Waals surface area contributed by atoms with Gasteiger partial charge in [0.1, 0.15) is 0 Å². The maximum absolute atomic E-state index is 6.35. The first kappa shape index (κ1) is 13.4. The van der Waals surface area contributed by atoms with Gasteiger partial charge in [0.15, 0.2) is 0 Å². The minimum Gasteiger partial charge on any atom is -0.373 e. The molecule has 2 heteroatoms. The van der Waals surface area contributed by atoms with Crippen LogP contribution in [-0.2, 0) is 4.74 Å². The van der Waals surface area contributed by atoms with E-state index >= 15 is 0 Å². The normalized spacial score (nSPS) is 41.1. The van der Waals surface area contributed by atoms with E-state index in [0.29, 0.717) is 23.0 Å². The van der Waals surface area contributed by atoms with Gasteiger partial charge in [0.2, 0.25) is 0 Å². The van der Waals surface area contributed by atoms with Crippen LogP contribution in [0, 0.1) is 16.7 Å². The summed E-state index contributed by atoms with van der Waals surface area (Å²) in [6.07, 6.45) is 4.87. The second kappa shape index (κ2) is 4.24. The van der Waals surface area contributed by atoms with Crippen molar-refractivity contribution < 1.29 is 4.74 Å². The van der Waals surface area contributed by atoms with Crippen LogP contribution in [0.2, 0.25) is 0 Å². The number of hydrogen-bond donors (Lipinski definition) is 0. The van der Waals surface area contributed by atoms with Crippen molar-refractivity contribution in [3.8, 4) is 0 Å². The van der Waals surface area contributed by atoms with E-state index in [1.807, 2.05) is 0 Å². The molecular weight excluding hydrogens is 210 g/mol. The summed E-state index contributed by atoms with van der Waals surface area (Å²) in [7, 11) is 4.23. The van der Waals surface area contributed by atoms with Gasteiger partial charge in [-0.25, -0.2) is 0 Å². The molecule has 100 valence electrons. The van der Waals surface area contributed by atoms with Gasteiger partial charge in [-0.1, -0.05) is 20.8 Å². The molecular formula is C15H29NO. The van der Waals surface area contributed by atoms with Crippen LogP contribution < -0.4 is 0 Å². The van der Waals surface area contributed by atoms with E-state index < -0.39 is 0 Å². The molecule has 17 heavy (non-hydrogen) atoms. The fraction of sp³-hybridized carbons (Fsp3) is 1.00. The van der Waals surface area contributed by atoms with Crippen molar-refractivity contribution in [3.63, 3.8) is 0 Å². The van der Waals surface area contributed by atoms with E-state index in [1.165, 1.54) is 19.3 Å². The summed E-state index contributed by atoms with van der Waals surface area (Å²) in [5.41, 5.74) is 0.869. The Hall–Kier alpha value is -0.0800. The van der Waals surface area contributed by atoms with Gasteiger partial charge in [-0.2, -0.15) is 0 Å². The van der Waals surface area contributed by atoms with Gasteiger partial charge < -0.3 is 9.64 Å². The molecule has 0 radical (unpaired) electrons. The lowest BCUT2D eigenvalue weighted by molar-refractivity contribution is -0.0852. The van der Waals surface area contributed by atoms with Gasteiger partial charge in [0, 0.05) is 6.54 Å². The molecule has 0 aromatic carbocycles. The molecule has 2 aliphatic rings. The Labute approximate surface area is 107 Å². The predicted molar refractivity (Wildman–Crippen MR) is 72.1 cm³/mol. The summed E-state index contributed by atoms with van der Waals surface area (Å²) in [6.45, 7) is 10.6. The highest BCUT2D eigenvalue weighted by Gasteiger charge is 2.62. The highest BCUT2D eigenvalue weighted by molar-refractivity contribution is 5.11. The summed E-state index contributed by atoms with van der Waals surface area (Å²) >= 11 is 0. The predicted octanol–water partition coefficient (Wildman–Crippen LogP) is 3.17. The number of rotatable bonds is 4. The first-order chi connectivity index (χ1) is 7.77. The van der Waals surface area contributed by atoms with E-state index in [-0.39, 0.29) is 0 Å². The van der Waals surface area contributed by atoms with Crippen LogP contribution in [0.5, 0.6) is 0 Å². The molecule has 0 spiro atoms. The first-order valence-corrected chi connectivity index (χ1v) is 7.07. The van der Waals surface area contributed by atoms with Crippen LogP contribution in [0.1, 0.15) is 47.0 Å². The Kier molecular flexibility index (Phi) is 3.33. The van der Waals surface area contributed by atoms with Gasteiger partial charge >= 0.3 is 0 Å². The van der Waals surface area contributed by atoms with Crippen molar-refractivity contribution in [2.75, 3.05) is 20.6 Å². The number of hydrogen-bond acceptors (Lipinski definition) is 2. The standard InChI is InChI=1S/C15H29NO/c1-11(10-16(5)6)17-13-9-12-7-8-15(13,4)14(12,2)3/h11-13H,7-10H2,1-6H3/t11-,12+,13+,15+/m1/s1. The minimum absolute atomic E-state index is 0.349. The van der Waals surface area contributed by atoms with Crippen LogP contribution >= 0.6 is 0 Å². The van der Waals surface area contributed by atoms with E-state index in [0.717, 1.165) is 12.5 Å². The maximum atomic E-state index is 6.35. The molecule has 0 amide bonds. The molecule has 0 aromatic heterocycles. The van der Waals surface area contributed by atoms with Crippen LogP contribution in [-0.4, -0.2) is 37.7 Å². The smallest absolute Gasteiger partial charge is 0.0677 e. The topological polar surface area (TPSA) is 12.5 Å². The Morgan fingerprint density at radius 2 is 1.94 bits per heavy atom. The molecule has 0 N–H and O–H groups in total. The fourth-order valence-corrected chi connectivity index (χ4v) is 4.17. The lowest BCUT2D eigenvalue weighted by Crippen LogP contribution is -2.40. The molecule has 0 aliphatic heterocycles. The minimum atomic E-state index is 0.349. The van der Waals surface area contributed by atoms with E-state index in [2.05, 4.69) is 46.7 Å². The van der Waals surface area contributed by atoms with Gasteiger partial charge in [0.05, 0.1) is 12.2 Å². The lowest BCUT2D eigenvalue weighted by Gasteiger charge is -2.40. The summed E-state index contributed by atoms with van der Waals surface area (Å²) in [5.74, 6) is 0.879. The molecule has 2 rings (SSSR count). The third-order valence-electron chi connectivity index (χ3n) is 5.73. The fourth-order valence-electron chi connectivity index (χ4n) is 4.17. The molecule has 2 fully saturated rings. The summed E-state index contributed by atoms with van der Waals surface area (Å²) in [4.78, 5) is 2.21. The third-order valence-corrected chi connectivity index (χ3v) is 5.73. The molecule has 0 heterocycles. The maximum Gasteiger partial charge on any atom is 0.0677 e. The van der Waals surface area contributed by atoms with Crippen molar-refractivity contribution in [2.45, 2.75) is 59.2 Å². The monoisotopic (exact) mass is 239 g/mol. The SMILES string of the molecule is C[C@H](CN(C)C)O[C@H]1C[C@@H]2CC[C@]1(C)C2(C)C. The van der Waals surface area contributed by atoms with Crippen molar-refractivity contribution in [1.82, 2.24) is 4.90 Å². The Bertz CT molecular complexity index is 287. The Morgan fingerprint density at radius 3 is 2.35 bits per heavy atom.